The highest BCUT2D eigenvalue weighted by molar-refractivity contribution is 5.93. The van der Waals surface area contributed by atoms with Crippen molar-refractivity contribution in [3.8, 4) is 0 Å². The van der Waals surface area contributed by atoms with Gasteiger partial charge in [-0.3, -0.25) is 4.79 Å². The third-order valence-electron chi connectivity index (χ3n) is 4.62. The summed E-state index contributed by atoms with van der Waals surface area (Å²) in [4.78, 5) is 23.7. The highest BCUT2D eigenvalue weighted by Crippen LogP contribution is 2.32. The Hall–Kier alpha value is -2.82. The number of esters is 1. The topological polar surface area (TPSA) is 67.4 Å². The van der Waals surface area contributed by atoms with Crippen LogP contribution < -0.4 is 10.6 Å². The highest BCUT2D eigenvalue weighted by Gasteiger charge is 2.14. The third-order valence-corrected chi connectivity index (χ3v) is 4.62. The molecule has 150 valence electrons. The van der Waals surface area contributed by atoms with Crippen LogP contribution in [-0.4, -0.2) is 25.5 Å². The molecule has 0 bridgehead atoms. The number of carbonyl (C=O) groups excluding carboxylic acids is 2. The first-order chi connectivity index (χ1) is 13.3. The van der Waals surface area contributed by atoms with Crippen LogP contribution in [0.3, 0.4) is 0 Å². The normalized spacial score (nSPS) is 10.8. The summed E-state index contributed by atoms with van der Waals surface area (Å²) >= 11 is 0. The van der Waals surface area contributed by atoms with Crippen LogP contribution in [0.2, 0.25) is 0 Å². The van der Waals surface area contributed by atoms with Gasteiger partial charge in [0.05, 0.1) is 12.7 Å². The second-order valence-corrected chi connectivity index (χ2v) is 7.41. The molecule has 2 rings (SSSR count). The number of rotatable bonds is 8. The largest absolute Gasteiger partial charge is 0.465 e. The molecule has 0 aliphatic rings. The summed E-state index contributed by atoms with van der Waals surface area (Å²) in [6.45, 7) is 9.25. The molecule has 1 amide bonds. The summed E-state index contributed by atoms with van der Waals surface area (Å²) in [5.74, 6) is 0.338. The van der Waals surface area contributed by atoms with E-state index in [1.165, 1.54) is 18.2 Å². The summed E-state index contributed by atoms with van der Waals surface area (Å²) in [6.07, 6.45) is 0.350. The van der Waals surface area contributed by atoms with Crippen LogP contribution >= 0.6 is 0 Å². The number of hydrogen-bond acceptors (Lipinski definition) is 4. The predicted molar refractivity (Wildman–Crippen MR) is 114 cm³/mol. The number of carbonyl (C=O) groups is 2. The van der Waals surface area contributed by atoms with Crippen molar-refractivity contribution in [2.45, 2.75) is 46.0 Å². The Bertz CT molecular complexity index is 785. The van der Waals surface area contributed by atoms with Gasteiger partial charge < -0.3 is 15.4 Å². The first-order valence-corrected chi connectivity index (χ1v) is 9.68. The van der Waals surface area contributed by atoms with Gasteiger partial charge in [-0.15, -0.1) is 0 Å². The number of hydrogen-bond donors (Lipinski definition) is 2. The van der Waals surface area contributed by atoms with Gasteiger partial charge in [-0.05, 0) is 47.2 Å². The van der Waals surface area contributed by atoms with Crippen molar-refractivity contribution in [1.82, 2.24) is 0 Å². The quantitative estimate of drug-likeness (QED) is 0.619. The molecule has 2 aromatic carbocycles. The minimum atomic E-state index is -0.396. The SMILES string of the molecule is COC(=O)c1ccc(NC(=O)CCNc2c(C(C)C)cccc2C(C)C)cc1. The van der Waals surface area contributed by atoms with E-state index >= 15 is 0 Å². The van der Waals surface area contributed by atoms with Crippen molar-refractivity contribution in [1.29, 1.82) is 0 Å². The van der Waals surface area contributed by atoms with Crippen LogP contribution in [0, 0.1) is 0 Å². The minimum Gasteiger partial charge on any atom is -0.465 e. The summed E-state index contributed by atoms with van der Waals surface area (Å²) in [5, 5.41) is 6.33. The molecule has 0 saturated heterocycles. The Morgan fingerprint density at radius 1 is 0.929 bits per heavy atom. The Kier molecular flexibility index (Phi) is 7.61. The number of anilines is 2. The molecule has 0 spiro atoms. The fraction of sp³-hybridized carbons (Fsp3) is 0.391. The van der Waals surface area contributed by atoms with Crippen molar-refractivity contribution in [2.24, 2.45) is 0 Å². The smallest absolute Gasteiger partial charge is 0.337 e. The molecule has 0 saturated carbocycles. The Labute approximate surface area is 167 Å². The predicted octanol–water partition coefficient (Wildman–Crippen LogP) is 5.16. The zero-order valence-corrected chi connectivity index (χ0v) is 17.3. The van der Waals surface area contributed by atoms with Crippen LogP contribution in [0.4, 0.5) is 11.4 Å². The molecule has 2 aromatic rings. The van der Waals surface area contributed by atoms with E-state index in [4.69, 9.17) is 0 Å². The molecule has 0 aromatic heterocycles. The van der Waals surface area contributed by atoms with E-state index in [0.29, 0.717) is 36.1 Å². The Balaban J connectivity index is 1.96. The number of benzene rings is 2. The molecule has 28 heavy (non-hydrogen) atoms. The lowest BCUT2D eigenvalue weighted by Crippen LogP contribution is -2.17. The number of ether oxygens (including phenoxy) is 1. The fourth-order valence-electron chi connectivity index (χ4n) is 3.09. The van der Waals surface area contributed by atoms with Crippen LogP contribution in [0.25, 0.3) is 0 Å². The monoisotopic (exact) mass is 382 g/mol. The number of para-hydroxylation sites is 1. The zero-order chi connectivity index (χ0) is 20.7. The van der Waals surface area contributed by atoms with Gasteiger partial charge in [0.2, 0.25) is 5.91 Å². The van der Waals surface area contributed by atoms with Crippen LogP contribution in [0.1, 0.15) is 67.4 Å². The Morgan fingerprint density at radius 2 is 1.50 bits per heavy atom. The molecule has 0 unspecified atom stereocenters. The number of amides is 1. The maximum atomic E-state index is 12.3. The Morgan fingerprint density at radius 3 is 2.00 bits per heavy atom. The van der Waals surface area contributed by atoms with E-state index in [0.717, 1.165) is 5.69 Å². The first-order valence-electron chi connectivity index (χ1n) is 9.68. The minimum absolute atomic E-state index is 0.0774. The van der Waals surface area contributed by atoms with E-state index in [1.807, 2.05) is 0 Å². The van der Waals surface area contributed by atoms with Gasteiger partial charge in [0.15, 0.2) is 0 Å². The van der Waals surface area contributed by atoms with E-state index in [-0.39, 0.29) is 5.91 Å². The molecular formula is C23H30N2O3. The zero-order valence-electron chi connectivity index (χ0n) is 17.3. The standard InChI is InChI=1S/C23H30N2O3/c1-15(2)19-7-6-8-20(16(3)4)22(19)24-14-13-21(26)25-18-11-9-17(10-12-18)23(27)28-5/h6-12,15-16,24H,13-14H2,1-5H3,(H,25,26). The van der Waals surface area contributed by atoms with E-state index in [2.05, 4.69) is 61.3 Å². The summed E-state index contributed by atoms with van der Waals surface area (Å²) in [6, 6.07) is 13.0. The van der Waals surface area contributed by atoms with Crippen molar-refractivity contribution in [3.63, 3.8) is 0 Å². The van der Waals surface area contributed by atoms with Crippen LogP contribution in [-0.2, 0) is 9.53 Å². The molecule has 5 nitrogen and oxygen atoms in total. The molecule has 0 radical (unpaired) electrons. The van der Waals surface area contributed by atoms with Crippen LogP contribution in [0.5, 0.6) is 0 Å². The molecule has 0 heterocycles. The van der Waals surface area contributed by atoms with Gasteiger partial charge in [0, 0.05) is 24.3 Å². The summed E-state index contributed by atoms with van der Waals surface area (Å²) < 4.78 is 4.67. The molecule has 0 aliphatic carbocycles. The van der Waals surface area contributed by atoms with Gasteiger partial charge in [0.25, 0.3) is 0 Å². The van der Waals surface area contributed by atoms with Gasteiger partial charge >= 0.3 is 5.97 Å². The average Bonchev–Trinajstić information content (AvgIpc) is 2.67. The summed E-state index contributed by atoms with van der Waals surface area (Å²) in [7, 11) is 1.34. The van der Waals surface area contributed by atoms with Crippen molar-refractivity contribution in [3.05, 3.63) is 59.2 Å². The molecule has 5 heteroatoms. The average molecular weight is 383 g/mol. The van der Waals surface area contributed by atoms with Gasteiger partial charge in [0.1, 0.15) is 0 Å². The lowest BCUT2D eigenvalue weighted by atomic mass is 9.92. The second-order valence-electron chi connectivity index (χ2n) is 7.41. The lowest BCUT2D eigenvalue weighted by Gasteiger charge is -2.20. The maximum absolute atomic E-state index is 12.3. The van der Waals surface area contributed by atoms with Gasteiger partial charge in [-0.25, -0.2) is 4.79 Å². The molecule has 0 fully saturated rings. The first kappa shape index (κ1) is 21.5. The van der Waals surface area contributed by atoms with E-state index in [1.54, 1.807) is 24.3 Å². The fourth-order valence-corrected chi connectivity index (χ4v) is 3.09. The van der Waals surface area contributed by atoms with E-state index < -0.39 is 5.97 Å². The van der Waals surface area contributed by atoms with Crippen molar-refractivity contribution < 1.29 is 14.3 Å². The van der Waals surface area contributed by atoms with Crippen molar-refractivity contribution >= 4 is 23.3 Å². The van der Waals surface area contributed by atoms with Crippen LogP contribution in [0.15, 0.2) is 42.5 Å². The second kappa shape index (κ2) is 9.93. The molecular weight excluding hydrogens is 352 g/mol. The molecule has 2 N–H and O–H groups in total. The molecule has 0 atom stereocenters. The van der Waals surface area contributed by atoms with Gasteiger partial charge in [-0.2, -0.15) is 0 Å². The molecule has 0 aliphatic heterocycles. The van der Waals surface area contributed by atoms with Crippen molar-refractivity contribution in [2.75, 3.05) is 24.3 Å². The number of methoxy groups -OCH3 is 1. The summed E-state index contributed by atoms with van der Waals surface area (Å²) in [5.41, 5.74) is 4.79. The van der Waals surface area contributed by atoms with Gasteiger partial charge in [-0.1, -0.05) is 45.9 Å². The lowest BCUT2D eigenvalue weighted by molar-refractivity contribution is -0.115. The third kappa shape index (κ3) is 5.59. The highest BCUT2D eigenvalue weighted by atomic mass is 16.5. The number of nitrogens with one attached hydrogen (secondary N) is 2. The van der Waals surface area contributed by atoms with E-state index in [9.17, 15) is 9.59 Å². The maximum Gasteiger partial charge on any atom is 0.337 e.